The van der Waals surface area contributed by atoms with Crippen molar-refractivity contribution in [1.29, 1.82) is 0 Å². The Kier molecular flexibility index (Phi) is 6.86. The minimum Gasteiger partial charge on any atom is -0.497 e. The first-order valence-corrected chi connectivity index (χ1v) is 9.58. The fraction of sp³-hybridized carbons (Fsp3) is 0.381. The summed E-state index contributed by atoms with van der Waals surface area (Å²) in [6, 6.07) is 16.8. The molecule has 26 heavy (non-hydrogen) atoms. The fourth-order valence-electron chi connectivity index (χ4n) is 3.13. The monoisotopic (exact) mass is 369 g/mol. The first-order valence-electron chi connectivity index (χ1n) is 9.18. The summed E-state index contributed by atoms with van der Waals surface area (Å²) < 4.78 is 5.17. The summed E-state index contributed by atoms with van der Waals surface area (Å²) in [6.07, 6.45) is 2.67. The van der Waals surface area contributed by atoms with Gasteiger partial charge in [-0.3, -0.25) is 4.90 Å². The molecule has 0 saturated carbocycles. The van der Waals surface area contributed by atoms with Crippen molar-refractivity contribution in [3.8, 4) is 5.75 Å². The van der Waals surface area contributed by atoms with Gasteiger partial charge in [-0.1, -0.05) is 36.4 Å². The molecule has 138 valence electrons. The van der Waals surface area contributed by atoms with Crippen LogP contribution in [0.4, 0.5) is 0 Å². The average Bonchev–Trinajstić information content (AvgIpc) is 3.19. The molecular weight excluding hydrogens is 342 g/mol. The Morgan fingerprint density at radius 2 is 1.38 bits per heavy atom. The highest BCUT2D eigenvalue weighted by molar-refractivity contribution is 7.80. The minimum atomic E-state index is 0.668. The van der Waals surface area contributed by atoms with Gasteiger partial charge >= 0.3 is 0 Å². The van der Waals surface area contributed by atoms with Gasteiger partial charge in [-0.2, -0.15) is 0 Å². The highest BCUT2D eigenvalue weighted by atomic mass is 32.1. The van der Waals surface area contributed by atoms with E-state index in [1.54, 1.807) is 7.11 Å². The number of hydrogen-bond acceptors (Lipinski definition) is 3. The molecule has 2 aromatic carbocycles. The lowest BCUT2D eigenvalue weighted by atomic mass is 10.1. The first-order chi connectivity index (χ1) is 12.7. The molecule has 2 aromatic rings. The predicted octanol–water partition coefficient (Wildman–Crippen LogP) is 3.46. The van der Waals surface area contributed by atoms with Crippen LogP contribution in [-0.4, -0.2) is 30.2 Å². The maximum absolute atomic E-state index is 5.37. The summed E-state index contributed by atoms with van der Waals surface area (Å²) in [5.41, 5.74) is 3.79. The molecule has 0 bridgehead atoms. The molecule has 1 aliphatic rings. The smallest absolute Gasteiger partial charge is 0.166 e. The normalized spacial score (nSPS) is 14.2. The maximum Gasteiger partial charge on any atom is 0.166 e. The lowest BCUT2D eigenvalue weighted by Crippen LogP contribution is -2.34. The number of thiocarbonyl (C=S) groups is 1. The second-order valence-corrected chi connectivity index (χ2v) is 7.09. The van der Waals surface area contributed by atoms with E-state index in [-0.39, 0.29) is 0 Å². The van der Waals surface area contributed by atoms with Crippen LogP contribution in [0.1, 0.15) is 29.5 Å². The molecule has 2 N–H and O–H groups in total. The molecule has 0 aromatic heterocycles. The average molecular weight is 370 g/mol. The summed E-state index contributed by atoms with van der Waals surface area (Å²) in [7, 11) is 1.67. The van der Waals surface area contributed by atoms with Crippen LogP contribution in [0.15, 0.2) is 48.5 Å². The summed E-state index contributed by atoms with van der Waals surface area (Å²) in [5.74, 6) is 0.864. The molecule has 0 aliphatic carbocycles. The van der Waals surface area contributed by atoms with E-state index >= 15 is 0 Å². The molecule has 0 atom stereocenters. The zero-order valence-corrected chi connectivity index (χ0v) is 16.1. The van der Waals surface area contributed by atoms with E-state index in [4.69, 9.17) is 17.0 Å². The molecule has 1 aliphatic heterocycles. The van der Waals surface area contributed by atoms with Crippen molar-refractivity contribution in [3.63, 3.8) is 0 Å². The Morgan fingerprint density at radius 1 is 0.885 bits per heavy atom. The van der Waals surface area contributed by atoms with E-state index < -0.39 is 0 Å². The number of rotatable bonds is 7. The van der Waals surface area contributed by atoms with E-state index in [0.717, 1.165) is 18.8 Å². The van der Waals surface area contributed by atoms with Gasteiger partial charge in [0.2, 0.25) is 0 Å². The van der Waals surface area contributed by atoms with E-state index in [1.807, 2.05) is 24.3 Å². The van der Waals surface area contributed by atoms with Crippen LogP contribution in [0, 0.1) is 0 Å². The maximum atomic E-state index is 5.37. The quantitative estimate of drug-likeness (QED) is 0.731. The van der Waals surface area contributed by atoms with Crippen LogP contribution < -0.4 is 15.4 Å². The highest BCUT2D eigenvalue weighted by Gasteiger charge is 2.11. The number of methoxy groups -OCH3 is 1. The molecule has 1 fully saturated rings. The second kappa shape index (κ2) is 9.55. The number of ether oxygens (including phenoxy) is 1. The Bertz CT molecular complexity index is 694. The number of likely N-dealkylation sites (tertiary alicyclic amines) is 1. The van der Waals surface area contributed by atoms with Crippen molar-refractivity contribution in [1.82, 2.24) is 15.5 Å². The van der Waals surface area contributed by atoms with Crippen LogP contribution >= 0.6 is 12.2 Å². The molecule has 3 rings (SSSR count). The Morgan fingerprint density at radius 3 is 1.92 bits per heavy atom. The van der Waals surface area contributed by atoms with Gasteiger partial charge in [0.05, 0.1) is 7.11 Å². The first kappa shape index (κ1) is 18.7. The lowest BCUT2D eigenvalue weighted by Gasteiger charge is -2.15. The predicted molar refractivity (Wildman–Crippen MR) is 110 cm³/mol. The summed E-state index contributed by atoms with van der Waals surface area (Å²) >= 11 is 5.37. The third-order valence-electron chi connectivity index (χ3n) is 4.69. The third-order valence-corrected chi connectivity index (χ3v) is 4.98. The Hall–Kier alpha value is -2.11. The van der Waals surface area contributed by atoms with Gasteiger partial charge in [0.15, 0.2) is 5.11 Å². The van der Waals surface area contributed by atoms with Crippen molar-refractivity contribution in [2.45, 2.75) is 32.5 Å². The van der Waals surface area contributed by atoms with Crippen molar-refractivity contribution in [3.05, 3.63) is 65.2 Å². The number of nitrogens with zero attached hydrogens (tertiary/aromatic N) is 1. The van der Waals surface area contributed by atoms with E-state index in [1.165, 1.54) is 42.6 Å². The Balaban J connectivity index is 1.39. The van der Waals surface area contributed by atoms with Gasteiger partial charge in [-0.15, -0.1) is 0 Å². The van der Waals surface area contributed by atoms with Crippen LogP contribution in [0.3, 0.4) is 0 Å². The highest BCUT2D eigenvalue weighted by Crippen LogP contribution is 2.13. The van der Waals surface area contributed by atoms with Gasteiger partial charge in [-0.25, -0.2) is 0 Å². The largest absolute Gasteiger partial charge is 0.497 e. The van der Waals surface area contributed by atoms with Gasteiger partial charge in [0.1, 0.15) is 5.75 Å². The SMILES string of the molecule is COc1ccc(CNC(=S)NCc2ccc(CN3CCCC3)cc2)cc1. The van der Waals surface area contributed by atoms with E-state index in [9.17, 15) is 0 Å². The van der Waals surface area contributed by atoms with Crippen molar-refractivity contribution < 1.29 is 4.74 Å². The topological polar surface area (TPSA) is 36.5 Å². The van der Waals surface area contributed by atoms with Gasteiger partial charge < -0.3 is 15.4 Å². The van der Waals surface area contributed by atoms with E-state index in [2.05, 4.69) is 39.8 Å². The lowest BCUT2D eigenvalue weighted by molar-refractivity contribution is 0.331. The molecule has 0 unspecified atom stereocenters. The number of nitrogens with one attached hydrogen (secondary N) is 2. The standard InChI is InChI=1S/C21H27N3OS/c1-25-20-10-8-18(9-11-20)15-23-21(26)22-14-17-4-6-19(7-5-17)16-24-12-2-3-13-24/h4-11H,2-3,12-16H2,1H3,(H2,22,23,26). The summed E-state index contributed by atoms with van der Waals surface area (Å²) in [5, 5.41) is 7.18. The van der Waals surface area contributed by atoms with Crippen LogP contribution in [0.25, 0.3) is 0 Å². The Labute approximate surface area is 161 Å². The van der Waals surface area contributed by atoms with Crippen molar-refractivity contribution in [2.75, 3.05) is 20.2 Å². The fourth-order valence-corrected chi connectivity index (χ4v) is 3.28. The third kappa shape index (κ3) is 5.71. The molecule has 0 spiro atoms. The van der Waals surface area contributed by atoms with Crippen molar-refractivity contribution >= 4 is 17.3 Å². The zero-order chi connectivity index (χ0) is 18.2. The molecule has 1 saturated heterocycles. The van der Waals surface area contributed by atoms with Gasteiger partial charge in [0, 0.05) is 19.6 Å². The van der Waals surface area contributed by atoms with Crippen LogP contribution in [-0.2, 0) is 19.6 Å². The molecular formula is C21H27N3OS. The minimum absolute atomic E-state index is 0.668. The van der Waals surface area contributed by atoms with Crippen LogP contribution in [0.2, 0.25) is 0 Å². The second-order valence-electron chi connectivity index (χ2n) is 6.68. The molecule has 5 heteroatoms. The van der Waals surface area contributed by atoms with Gasteiger partial charge in [-0.05, 0) is 67.0 Å². The summed E-state index contributed by atoms with van der Waals surface area (Å²) in [6.45, 7) is 4.97. The summed E-state index contributed by atoms with van der Waals surface area (Å²) in [4.78, 5) is 2.52. The molecule has 1 heterocycles. The molecule has 0 amide bonds. The van der Waals surface area contributed by atoms with Crippen LogP contribution in [0.5, 0.6) is 5.75 Å². The van der Waals surface area contributed by atoms with E-state index in [0.29, 0.717) is 11.7 Å². The van der Waals surface area contributed by atoms with Crippen molar-refractivity contribution in [2.24, 2.45) is 0 Å². The van der Waals surface area contributed by atoms with Gasteiger partial charge in [0.25, 0.3) is 0 Å². The molecule has 0 radical (unpaired) electrons. The number of hydrogen-bond donors (Lipinski definition) is 2. The molecule has 4 nitrogen and oxygen atoms in total. The number of benzene rings is 2. The zero-order valence-electron chi connectivity index (χ0n) is 15.3.